The lowest BCUT2D eigenvalue weighted by Gasteiger charge is -2.19. The second-order valence-corrected chi connectivity index (χ2v) is 14.0. The maximum atomic E-state index is 5.08. The van der Waals surface area contributed by atoms with Crippen molar-refractivity contribution in [3.8, 4) is 44.5 Å². The maximum absolute atomic E-state index is 5.08. The van der Waals surface area contributed by atoms with E-state index in [0.717, 1.165) is 17.0 Å². The second-order valence-electron chi connectivity index (χ2n) is 14.0. The third-order valence-electron chi connectivity index (χ3n) is 10.7. The van der Waals surface area contributed by atoms with E-state index in [0.29, 0.717) is 0 Å². The van der Waals surface area contributed by atoms with Crippen molar-refractivity contribution in [2.24, 2.45) is 4.99 Å². The zero-order chi connectivity index (χ0) is 35.9. The van der Waals surface area contributed by atoms with Crippen molar-refractivity contribution in [3.05, 3.63) is 199 Å². The van der Waals surface area contributed by atoms with Gasteiger partial charge in [0.05, 0.1) is 5.69 Å². The van der Waals surface area contributed by atoms with Crippen LogP contribution in [-0.4, -0.2) is 5.71 Å². The summed E-state index contributed by atoms with van der Waals surface area (Å²) in [5.41, 5.74) is 15.4. The van der Waals surface area contributed by atoms with Crippen LogP contribution in [0.1, 0.15) is 23.6 Å². The average molecular weight is 678 g/mol. The fourth-order valence-corrected chi connectivity index (χ4v) is 8.00. The molecule has 1 nitrogen and oxygen atoms in total. The van der Waals surface area contributed by atoms with E-state index in [2.05, 4.69) is 203 Å². The molecule has 0 heterocycles. The summed E-state index contributed by atoms with van der Waals surface area (Å²) in [5.74, 6) is 0. The monoisotopic (exact) mass is 677 g/mol. The number of hydrogen-bond acceptors (Lipinski definition) is 1. The molecule has 252 valence electrons. The number of para-hydroxylation sites is 1. The lowest BCUT2D eigenvalue weighted by Crippen LogP contribution is -1.99. The van der Waals surface area contributed by atoms with Gasteiger partial charge in [-0.15, -0.1) is 0 Å². The minimum atomic E-state index is 1.01. The molecule has 0 aromatic heterocycles. The van der Waals surface area contributed by atoms with Crippen LogP contribution < -0.4 is 0 Å². The van der Waals surface area contributed by atoms with E-state index in [-0.39, 0.29) is 0 Å². The Kier molecular flexibility index (Phi) is 8.25. The first kappa shape index (κ1) is 32.3. The number of benzene rings is 9. The molecular formula is C52H39N. The van der Waals surface area contributed by atoms with E-state index in [1.54, 1.807) is 0 Å². The van der Waals surface area contributed by atoms with E-state index < -0.39 is 0 Å². The smallest absolute Gasteiger partial charge is 0.0662 e. The molecule has 0 N–H and O–H groups in total. The number of aryl methyl sites for hydroxylation is 2. The summed E-state index contributed by atoms with van der Waals surface area (Å²) in [6.45, 7) is 6.44. The van der Waals surface area contributed by atoms with Gasteiger partial charge in [0.1, 0.15) is 0 Å². The fourth-order valence-electron chi connectivity index (χ4n) is 8.00. The van der Waals surface area contributed by atoms with Crippen LogP contribution in [0, 0.1) is 13.8 Å². The molecule has 1 heteroatoms. The van der Waals surface area contributed by atoms with Crippen molar-refractivity contribution in [1.29, 1.82) is 0 Å². The third kappa shape index (κ3) is 5.91. The Bertz CT molecular complexity index is 2820. The highest BCUT2D eigenvalue weighted by Gasteiger charge is 2.18. The Balaban J connectivity index is 1.18. The van der Waals surface area contributed by atoms with E-state index >= 15 is 0 Å². The van der Waals surface area contributed by atoms with Crippen LogP contribution in [0.25, 0.3) is 76.8 Å². The molecule has 0 aliphatic rings. The van der Waals surface area contributed by atoms with Crippen LogP contribution in [0.4, 0.5) is 5.69 Å². The fraction of sp³-hybridized carbons (Fsp3) is 0.0577. The van der Waals surface area contributed by atoms with Crippen molar-refractivity contribution >= 4 is 43.7 Å². The molecule has 0 radical (unpaired) electrons. The topological polar surface area (TPSA) is 12.4 Å². The minimum absolute atomic E-state index is 1.01. The summed E-state index contributed by atoms with van der Waals surface area (Å²) in [6, 6.07) is 66.2. The van der Waals surface area contributed by atoms with Crippen LogP contribution in [0.5, 0.6) is 0 Å². The highest BCUT2D eigenvalue weighted by molar-refractivity contribution is 6.22. The van der Waals surface area contributed by atoms with Gasteiger partial charge < -0.3 is 0 Å². The van der Waals surface area contributed by atoms with E-state index in [9.17, 15) is 0 Å². The largest absolute Gasteiger partial charge is 0.253 e. The third-order valence-corrected chi connectivity index (χ3v) is 10.7. The predicted molar refractivity (Wildman–Crippen MR) is 228 cm³/mol. The first-order valence-corrected chi connectivity index (χ1v) is 18.4. The quantitative estimate of drug-likeness (QED) is 0.123. The van der Waals surface area contributed by atoms with E-state index in [1.807, 2.05) is 0 Å². The summed E-state index contributed by atoms with van der Waals surface area (Å²) in [7, 11) is 0. The molecule has 0 fully saturated rings. The van der Waals surface area contributed by atoms with Crippen molar-refractivity contribution in [3.63, 3.8) is 0 Å². The molecule has 9 aromatic rings. The van der Waals surface area contributed by atoms with Gasteiger partial charge in [0.2, 0.25) is 0 Å². The molecule has 0 amide bonds. The number of aliphatic imine (C=N–C) groups is 1. The maximum Gasteiger partial charge on any atom is 0.0662 e. The second kappa shape index (κ2) is 13.5. The van der Waals surface area contributed by atoms with Gasteiger partial charge in [-0.2, -0.15) is 0 Å². The molecule has 0 saturated heterocycles. The van der Waals surface area contributed by atoms with Gasteiger partial charge in [-0.1, -0.05) is 158 Å². The number of hydrogen-bond donors (Lipinski definition) is 0. The highest BCUT2D eigenvalue weighted by atomic mass is 14.7. The standard InChI is InChI=1S/C52H39N/c1-34-27-28-40(33-49(34)44-21-8-7-20-43(44)36(3)53-50-26-13-4-15-35(50)2)39-18-14-19-41(32-39)51-45-22-9-11-24-47(45)52(48-25-12-10-23-46(48)51)42-30-29-37-16-5-6-17-38(37)31-42/h4-33H,1-3H3. The lowest BCUT2D eigenvalue weighted by atomic mass is 9.85. The summed E-state index contributed by atoms with van der Waals surface area (Å²) in [5, 5.41) is 7.55. The lowest BCUT2D eigenvalue weighted by molar-refractivity contribution is 1.38. The van der Waals surface area contributed by atoms with Gasteiger partial charge in [-0.3, -0.25) is 4.99 Å². The van der Waals surface area contributed by atoms with Crippen LogP contribution >= 0.6 is 0 Å². The Morgan fingerprint density at radius 3 is 1.64 bits per heavy atom. The van der Waals surface area contributed by atoms with Gasteiger partial charge in [0, 0.05) is 11.3 Å². The SMILES string of the molecule is CC(=Nc1ccccc1C)c1ccccc1-c1cc(-c2cccc(-c3c4ccccc4c(-c4ccc5ccccc5c4)c4ccccc34)c2)ccc1C. The minimum Gasteiger partial charge on any atom is -0.253 e. The molecule has 9 rings (SSSR count). The molecule has 0 spiro atoms. The first-order valence-electron chi connectivity index (χ1n) is 18.4. The van der Waals surface area contributed by atoms with Crippen molar-refractivity contribution in [2.45, 2.75) is 20.8 Å². The summed E-state index contributed by atoms with van der Waals surface area (Å²) in [4.78, 5) is 5.08. The molecule has 53 heavy (non-hydrogen) atoms. The zero-order valence-electron chi connectivity index (χ0n) is 30.3. The first-order chi connectivity index (χ1) is 26.0. The number of rotatable bonds is 6. The van der Waals surface area contributed by atoms with Gasteiger partial charge in [0.25, 0.3) is 0 Å². The molecular weight excluding hydrogens is 639 g/mol. The molecule has 0 unspecified atom stereocenters. The Labute approximate surface area is 311 Å². The van der Waals surface area contributed by atoms with E-state index in [4.69, 9.17) is 4.99 Å². The van der Waals surface area contributed by atoms with Crippen LogP contribution in [-0.2, 0) is 0 Å². The van der Waals surface area contributed by atoms with Crippen LogP contribution in [0.2, 0.25) is 0 Å². The average Bonchev–Trinajstić information content (AvgIpc) is 3.20. The van der Waals surface area contributed by atoms with Gasteiger partial charge in [-0.25, -0.2) is 0 Å². The van der Waals surface area contributed by atoms with Gasteiger partial charge >= 0.3 is 0 Å². The summed E-state index contributed by atoms with van der Waals surface area (Å²) < 4.78 is 0. The molecule has 0 bridgehead atoms. The van der Waals surface area contributed by atoms with Crippen LogP contribution in [0.3, 0.4) is 0 Å². The van der Waals surface area contributed by atoms with Crippen molar-refractivity contribution < 1.29 is 0 Å². The number of fused-ring (bicyclic) bond motifs is 3. The van der Waals surface area contributed by atoms with Crippen molar-refractivity contribution in [2.75, 3.05) is 0 Å². The number of nitrogens with zero attached hydrogens (tertiary/aromatic N) is 1. The highest BCUT2D eigenvalue weighted by Crippen LogP contribution is 2.45. The van der Waals surface area contributed by atoms with Gasteiger partial charge in [0.15, 0.2) is 0 Å². The molecule has 0 saturated carbocycles. The summed E-state index contributed by atoms with van der Waals surface area (Å²) in [6.07, 6.45) is 0. The Morgan fingerprint density at radius 1 is 0.377 bits per heavy atom. The molecule has 0 atom stereocenters. The van der Waals surface area contributed by atoms with E-state index in [1.165, 1.54) is 88.0 Å². The van der Waals surface area contributed by atoms with Crippen molar-refractivity contribution in [1.82, 2.24) is 0 Å². The zero-order valence-corrected chi connectivity index (χ0v) is 30.3. The molecule has 0 aliphatic heterocycles. The van der Waals surface area contributed by atoms with Gasteiger partial charge in [-0.05, 0) is 133 Å². The molecule has 0 aliphatic carbocycles. The summed E-state index contributed by atoms with van der Waals surface area (Å²) >= 11 is 0. The normalized spacial score (nSPS) is 11.8. The Hall–Kier alpha value is -6.57. The predicted octanol–water partition coefficient (Wildman–Crippen LogP) is 14.6. The Morgan fingerprint density at radius 2 is 0.925 bits per heavy atom. The van der Waals surface area contributed by atoms with Crippen LogP contribution in [0.15, 0.2) is 187 Å². The molecule has 9 aromatic carbocycles.